The number of nitrogens with one attached hydrogen (secondary N) is 1. The molecule has 0 unspecified atom stereocenters. The fourth-order valence-electron chi connectivity index (χ4n) is 3.03. The Morgan fingerprint density at radius 2 is 2.00 bits per heavy atom. The maximum absolute atomic E-state index is 14.4. The number of benzene rings is 1. The minimum absolute atomic E-state index is 0.0890. The maximum Gasteiger partial charge on any atom is 0.376 e. The number of nitrogens with zero attached hydrogens (tertiary/aromatic N) is 4. The average molecular weight is 385 g/mol. The van der Waals surface area contributed by atoms with Crippen LogP contribution in [0.2, 0.25) is 0 Å². The third-order valence-electron chi connectivity index (χ3n) is 4.47. The van der Waals surface area contributed by atoms with Gasteiger partial charge in [-0.05, 0) is 43.7 Å². The molecular formula is C19H20FN5O3. The van der Waals surface area contributed by atoms with Crippen LogP contribution in [0.15, 0.2) is 47.4 Å². The largest absolute Gasteiger partial charge is 0.376 e. The summed E-state index contributed by atoms with van der Waals surface area (Å²) >= 11 is 0. The molecule has 0 saturated heterocycles. The molecule has 0 aliphatic rings. The summed E-state index contributed by atoms with van der Waals surface area (Å²) in [7, 11) is 0. The van der Waals surface area contributed by atoms with Crippen LogP contribution in [0.3, 0.4) is 0 Å². The van der Waals surface area contributed by atoms with Gasteiger partial charge in [0.1, 0.15) is 11.5 Å². The Bertz CT molecular complexity index is 1080. The summed E-state index contributed by atoms with van der Waals surface area (Å²) in [6, 6.07) is 9.64. The second-order valence-corrected chi connectivity index (χ2v) is 6.11. The first-order valence-electron chi connectivity index (χ1n) is 8.89. The lowest BCUT2D eigenvalue weighted by Crippen LogP contribution is -2.23. The van der Waals surface area contributed by atoms with E-state index in [1.165, 1.54) is 12.3 Å². The van der Waals surface area contributed by atoms with Gasteiger partial charge < -0.3 is 10.2 Å². The van der Waals surface area contributed by atoms with Crippen LogP contribution < -0.4 is 15.8 Å². The number of halogens is 1. The number of rotatable bonds is 7. The van der Waals surface area contributed by atoms with Crippen LogP contribution in [0.4, 0.5) is 21.6 Å². The normalized spacial score (nSPS) is 10.8. The Labute approximate surface area is 160 Å². The van der Waals surface area contributed by atoms with Crippen molar-refractivity contribution < 1.29 is 9.31 Å². The lowest BCUT2D eigenvalue weighted by Gasteiger charge is -2.22. The van der Waals surface area contributed by atoms with E-state index in [2.05, 4.69) is 10.3 Å². The van der Waals surface area contributed by atoms with Crippen molar-refractivity contribution in [1.82, 2.24) is 9.38 Å². The van der Waals surface area contributed by atoms with Crippen LogP contribution in [0, 0.1) is 15.9 Å². The molecule has 9 heteroatoms. The van der Waals surface area contributed by atoms with Crippen molar-refractivity contribution >= 4 is 22.8 Å². The highest BCUT2D eigenvalue weighted by molar-refractivity contribution is 5.60. The molecule has 0 aliphatic heterocycles. The molecule has 146 valence electrons. The van der Waals surface area contributed by atoms with Gasteiger partial charge in [-0.3, -0.25) is 19.3 Å². The first-order chi connectivity index (χ1) is 13.5. The second kappa shape index (κ2) is 8.03. The molecule has 0 spiro atoms. The van der Waals surface area contributed by atoms with Crippen molar-refractivity contribution in [1.29, 1.82) is 0 Å². The zero-order valence-electron chi connectivity index (χ0n) is 15.6. The number of hydrogen-bond acceptors (Lipinski definition) is 6. The third-order valence-corrected chi connectivity index (χ3v) is 4.47. The quantitative estimate of drug-likeness (QED) is 0.496. The number of nitro groups is 1. The lowest BCUT2D eigenvalue weighted by atomic mass is 10.1. The Hall–Kier alpha value is -3.49. The molecule has 8 nitrogen and oxygen atoms in total. The van der Waals surface area contributed by atoms with Gasteiger partial charge in [0.05, 0.1) is 10.6 Å². The van der Waals surface area contributed by atoms with Gasteiger partial charge >= 0.3 is 11.2 Å². The Morgan fingerprint density at radius 1 is 1.25 bits per heavy atom. The second-order valence-electron chi connectivity index (χ2n) is 6.11. The number of aromatic nitrogens is 2. The summed E-state index contributed by atoms with van der Waals surface area (Å²) < 4.78 is 15.5. The van der Waals surface area contributed by atoms with Crippen molar-refractivity contribution in [2.45, 2.75) is 20.4 Å². The zero-order chi connectivity index (χ0) is 20.3. The molecule has 3 rings (SSSR count). The number of pyridine rings is 1. The van der Waals surface area contributed by atoms with E-state index in [1.54, 1.807) is 30.3 Å². The fraction of sp³-hybridized carbons (Fsp3) is 0.263. The molecule has 0 saturated carbocycles. The highest BCUT2D eigenvalue weighted by Crippen LogP contribution is 2.22. The van der Waals surface area contributed by atoms with Gasteiger partial charge in [0.25, 0.3) is 0 Å². The lowest BCUT2D eigenvalue weighted by molar-refractivity contribution is -0.385. The van der Waals surface area contributed by atoms with Crippen LogP contribution >= 0.6 is 0 Å². The van der Waals surface area contributed by atoms with Gasteiger partial charge in [-0.2, -0.15) is 0 Å². The molecule has 0 radical (unpaired) electrons. The first-order valence-corrected chi connectivity index (χ1v) is 8.89. The van der Waals surface area contributed by atoms with Crippen LogP contribution in [0.5, 0.6) is 0 Å². The molecule has 28 heavy (non-hydrogen) atoms. The molecular weight excluding hydrogens is 365 g/mol. The summed E-state index contributed by atoms with van der Waals surface area (Å²) in [4.78, 5) is 29.1. The van der Waals surface area contributed by atoms with Gasteiger partial charge in [-0.1, -0.05) is 12.1 Å². The van der Waals surface area contributed by atoms with Crippen LogP contribution in [-0.2, 0) is 6.54 Å². The average Bonchev–Trinajstić information content (AvgIpc) is 2.68. The fourth-order valence-corrected chi connectivity index (χ4v) is 3.03. The Balaban J connectivity index is 1.91. The van der Waals surface area contributed by atoms with Crippen molar-refractivity contribution in [2.75, 3.05) is 23.3 Å². The maximum atomic E-state index is 14.4. The van der Waals surface area contributed by atoms with Crippen molar-refractivity contribution in [3.63, 3.8) is 0 Å². The van der Waals surface area contributed by atoms with Crippen molar-refractivity contribution in [3.8, 4) is 0 Å². The van der Waals surface area contributed by atoms with Crippen molar-refractivity contribution in [3.05, 3.63) is 74.4 Å². The van der Waals surface area contributed by atoms with Crippen LogP contribution in [-0.4, -0.2) is 27.4 Å². The molecule has 0 aliphatic carbocycles. The van der Waals surface area contributed by atoms with Gasteiger partial charge in [0.2, 0.25) is 5.82 Å². The van der Waals surface area contributed by atoms with Crippen LogP contribution in [0.25, 0.3) is 5.65 Å². The topological polar surface area (TPSA) is 92.8 Å². The molecule has 0 amide bonds. The van der Waals surface area contributed by atoms with Crippen molar-refractivity contribution in [2.24, 2.45) is 0 Å². The third kappa shape index (κ3) is 3.64. The molecule has 1 N–H and O–H groups in total. The molecule has 2 heterocycles. The van der Waals surface area contributed by atoms with E-state index in [0.717, 1.165) is 4.40 Å². The Morgan fingerprint density at radius 3 is 2.64 bits per heavy atom. The van der Waals surface area contributed by atoms with E-state index in [-0.39, 0.29) is 23.8 Å². The van der Waals surface area contributed by atoms with Gasteiger partial charge in [0.15, 0.2) is 0 Å². The number of hydrogen-bond donors (Lipinski definition) is 1. The molecule has 1 aromatic carbocycles. The van der Waals surface area contributed by atoms with Crippen LogP contribution in [0.1, 0.15) is 19.4 Å². The highest BCUT2D eigenvalue weighted by atomic mass is 19.1. The first kappa shape index (κ1) is 19.3. The standard InChI is InChI=1S/C19H20FN5O3/c1-3-23(4-2)15-9-8-13(11-14(15)20)12-21-18-17(25(27)28)19(26)24-10-6-5-7-16(24)22-18/h5-11,21H,3-4,12H2,1-2H3. The van der Waals surface area contributed by atoms with Gasteiger partial charge in [0, 0.05) is 25.8 Å². The molecule has 0 atom stereocenters. The van der Waals surface area contributed by atoms with Gasteiger partial charge in [-0.25, -0.2) is 9.37 Å². The number of anilines is 2. The smallest absolute Gasteiger partial charge is 0.370 e. The summed E-state index contributed by atoms with van der Waals surface area (Å²) in [6.07, 6.45) is 1.42. The van der Waals surface area contributed by atoms with Gasteiger partial charge in [-0.15, -0.1) is 0 Å². The van der Waals surface area contributed by atoms with E-state index in [9.17, 15) is 19.3 Å². The molecule has 0 bridgehead atoms. The predicted octanol–water partition coefficient (Wildman–Crippen LogP) is 3.20. The van der Waals surface area contributed by atoms with E-state index in [4.69, 9.17) is 0 Å². The SMILES string of the molecule is CCN(CC)c1ccc(CNc2nc3ccccn3c(=O)c2[N+](=O)[O-])cc1F. The molecule has 3 aromatic rings. The molecule has 2 aromatic heterocycles. The van der Waals surface area contributed by atoms with E-state index in [0.29, 0.717) is 24.3 Å². The zero-order valence-corrected chi connectivity index (χ0v) is 15.6. The minimum Gasteiger partial charge on any atom is -0.370 e. The minimum atomic E-state index is -0.777. The van der Waals surface area contributed by atoms with E-state index < -0.39 is 16.2 Å². The van der Waals surface area contributed by atoms with E-state index >= 15 is 0 Å². The summed E-state index contributed by atoms with van der Waals surface area (Å²) in [5, 5.41) is 14.2. The molecule has 0 fully saturated rings. The summed E-state index contributed by atoms with van der Waals surface area (Å²) in [6.45, 7) is 5.35. The predicted molar refractivity (Wildman–Crippen MR) is 105 cm³/mol. The monoisotopic (exact) mass is 385 g/mol. The summed E-state index contributed by atoms with van der Waals surface area (Å²) in [5.74, 6) is -0.515. The number of fused-ring (bicyclic) bond motifs is 1. The Kier molecular flexibility index (Phi) is 5.53. The highest BCUT2D eigenvalue weighted by Gasteiger charge is 2.23. The summed E-state index contributed by atoms with van der Waals surface area (Å²) in [5.41, 5.74) is -0.0617. The van der Waals surface area contributed by atoms with E-state index in [1.807, 2.05) is 18.7 Å².